The van der Waals surface area contributed by atoms with Gasteiger partial charge in [-0.25, -0.2) is 19.3 Å². The fraction of sp³-hybridized carbons (Fsp3) is 0.458. The summed E-state index contributed by atoms with van der Waals surface area (Å²) < 4.78 is 13.1. The van der Waals surface area contributed by atoms with Crippen LogP contribution in [-0.2, 0) is 11.2 Å². The third-order valence-corrected chi connectivity index (χ3v) is 6.62. The number of piperidine rings is 1. The predicted octanol–water partition coefficient (Wildman–Crippen LogP) is 3.29. The van der Waals surface area contributed by atoms with E-state index >= 15 is 0 Å². The molecule has 0 spiro atoms. The van der Waals surface area contributed by atoms with E-state index in [1.54, 1.807) is 24.5 Å². The van der Waals surface area contributed by atoms with E-state index in [1.807, 2.05) is 11.0 Å². The Balaban J connectivity index is 1.17. The van der Waals surface area contributed by atoms with E-state index in [9.17, 15) is 9.18 Å². The van der Waals surface area contributed by atoms with E-state index in [2.05, 4.69) is 30.0 Å². The first-order chi connectivity index (χ1) is 16.2. The summed E-state index contributed by atoms with van der Waals surface area (Å²) in [6.07, 6.45) is 8.41. The Bertz CT molecular complexity index is 1060. The summed E-state index contributed by atoms with van der Waals surface area (Å²) in [6, 6.07) is 8.13. The molecule has 2 saturated heterocycles. The number of carbonyl (C=O) groups excluding carboxylic acids is 1. The number of rotatable bonds is 6. The van der Waals surface area contributed by atoms with Crippen molar-refractivity contribution in [3.8, 4) is 0 Å². The lowest BCUT2D eigenvalue weighted by Crippen LogP contribution is -2.38. The van der Waals surface area contributed by atoms with E-state index in [0.29, 0.717) is 24.6 Å². The second kappa shape index (κ2) is 9.64. The molecule has 4 heterocycles. The highest BCUT2D eigenvalue weighted by Gasteiger charge is 2.34. The third kappa shape index (κ3) is 5.02. The number of halogens is 1. The van der Waals surface area contributed by atoms with E-state index in [1.165, 1.54) is 12.1 Å². The zero-order chi connectivity index (χ0) is 22.6. The average molecular weight is 450 g/mol. The molecular weight excluding hydrogens is 421 g/mol. The number of anilines is 1. The van der Waals surface area contributed by atoms with Gasteiger partial charge in [-0.15, -0.1) is 0 Å². The summed E-state index contributed by atoms with van der Waals surface area (Å²) in [7, 11) is 0. The lowest BCUT2D eigenvalue weighted by Gasteiger charge is -2.33. The number of hydrogen-bond donors (Lipinski definition) is 1. The van der Waals surface area contributed by atoms with Crippen LogP contribution in [0.1, 0.15) is 55.4 Å². The monoisotopic (exact) mass is 449 g/mol. The van der Waals surface area contributed by atoms with Gasteiger partial charge in [0.15, 0.2) is 5.82 Å². The van der Waals surface area contributed by atoms with Gasteiger partial charge >= 0.3 is 0 Å². The number of aromatic nitrogens is 5. The van der Waals surface area contributed by atoms with Crippen molar-refractivity contribution < 1.29 is 9.18 Å². The highest BCUT2D eigenvalue weighted by molar-refractivity contribution is 5.77. The number of aromatic amines is 1. The van der Waals surface area contributed by atoms with Gasteiger partial charge in [0.1, 0.15) is 11.6 Å². The van der Waals surface area contributed by atoms with Crippen molar-refractivity contribution in [2.24, 2.45) is 5.92 Å². The van der Waals surface area contributed by atoms with Crippen molar-refractivity contribution in [1.29, 1.82) is 0 Å². The quantitative estimate of drug-likeness (QED) is 0.621. The molecule has 8 nitrogen and oxygen atoms in total. The number of amides is 1. The molecule has 2 fully saturated rings. The maximum Gasteiger partial charge on any atom is 0.225 e. The molecule has 1 unspecified atom stereocenters. The number of nitrogens with one attached hydrogen (secondary N) is 1. The Kier molecular flexibility index (Phi) is 6.28. The SMILES string of the molecule is O=C(CC1CCN(c2ncccn2)CC1)N1CCCC1c1n[nH]c(Cc2ccc(F)cc2)n1. The van der Waals surface area contributed by atoms with Gasteiger partial charge in [-0.1, -0.05) is 12.1 Å². The lowest BCUT2D eigenvalue weighted by molar-refractivity contribution is -0.133. The largest absolute Gasteiger partial charge is 0.341 e. The molecule has 2 aliphatic heterocycles. The highest BCUT2D eigenvalue weighted by atomic mass is 19.1. The van der Waals surface area contributed by atoms with Crippen molar-refractivity contribution >= 4 is 11.9 Å². The van der Waals surface area contributed by atoms with Crippen molar-refractivity contribution in [2.45, 2.75) is 44.6 Å². The van der Waals surface area contributed by atoms with E-state index in [0.717, 1.165) is 62.7 Å². The molecule has 5 rings (SSSR count). The standard InChI is InChI=1S/C24H28FN7O/c25-19-6-4-17(5-7-19)15-21-28-23(30-29-21)20-3-1-12-32(20)22(33)16-18-8-13-31(14-9-18)24-26-10-2-11-27-24/h2,4-7,10-11,18,20H,1,3,8-9,12-16H2,(H,28,29,30). The summed E-state index contributed by atoms with van der Waals surface area (Å²) in [5, 5.41) is 7.41. The minimum absolute atomic E-state index is 0.0754. The Hall–Kier alpha value is -3.36. The number of H-pyrrole nitrogens is 1. The third-order valence-electron chi connectivity index (χ3n) is 6.62. The summed E-state index contributed by atoms with van der Waals surface area (Å²) in [5.74, 6) is 2.48. The topological polar surface area (TPSA) is 90.9 Å². The van der Waals surface area contributed by atoms with Gasteiger partial charge in [0.2, 0.25) is 11.9 Å². The van der Waals surface area contributed by atoms with Crippen LogP contribution in [0.3, 0.4) is 0 Å². The molecule has 3 aromatic rings. The molecule has 0 saturated carbocycles. The summed E-state index contributed by atoms with van der Waals surface area (Å²) in [6.45, 7) is 2.50. The van der Waals surface area contributed by atoms with E-state index in [4.69, 9.17) is 0 Å². The Morgan fingerprint density at radius 2 is 1.82 bits per heavy atom. The zero-order valence-corrected chi connectivity index (χ0v) is 18.5. The molecule has 1 aromatic carbocycles. The van der Waals surface area contributed by atoms with Gasteiger partial charge in [-0.2, -0.15) is 5.10 Å². The molecule has 33 heavy (non-hydrogen) atoms. The van der Waals surface area contributed by atoms with Gasteiger partial charge in [-0.05, 0) is 55.4 Å². The van der Waals surface area contributed by atoms with Crippen LogP contribution >= 0.6 is 0 Å². The zero-order valence-electron chi connectivity index (χ0n) is 18.5. The van der Waals surface area contributed by atoms with Crippen LogP contribution in [-0.4, -0.2) is 55.6 Å². The average Bonchev–Trinajstić information content (AvgIpc) is 3.51. The summed E-state index contributed by atoms with van der Waals surface area (Å²) in [5.41, 5.74) is 0.964. The van der Waals surface area contributed by atoms with E-state index < -0.39 is 0 Å². The van der Waals surface area contributed by atoms with Gasteiger partial charge in [-0.3, -0.25) is 9.89 Å². The molecule has 1 amide bonds. The first-order valence-corrected chi connectivity index (χ1v) is 11.6. The molecule has 9 heteroatoms. The van der Waals surface area contributed by atoms with Crippen molar-refractivity contribution in [2.75, 3.05) is 24.5 Å². The van der Waals surface area contributed by atoms with Gasteiger partial charge in [0.25, 0.3) is 0 Å². The summed E-state index contributed by atoms with van der Waals surface area (Å²) in [4.78, 5) is 30.6. The van der Waals surface area contributed by atoms with Crippen LogP contribution in [0.15, 0.2) is 42.7 Å². The van der Waals surface area contributed by atoms with Crippen molar-refractivity contribution in [3.05, 3.63) is 65.8 Å². The van der Waals surface area contributed by atoms with Crippen molar-refractivity contribution in [1.82, 2.24) is 30.0 Å². The second-order valence-electron chi connectivity index (χ2n) is 8.87. The molecular formula is C24H28FN7O. The smallest absolute Gasteiger partial charge is 0.225 e. The van der Waals surface area contributed by atoms with Crippen LogP contribution in [0, 0.1) is 11.7 Å². The number of nitrogens with zero attached hydrogens (tertiary/aromatic N) is 6. The molecule has 172 valence electrons. The van der Waals surface area contributed by atoms with Crippen LogP contribution in [0.2, 0.25) is 0 Å². The fourth-order valence-corrected chi connectivity index (χ4v) is 4.82. The minimum Gasteiger partial charge on any atom is -0.341 e. The van der Waals surface area contributed by atoms with Gasteiger partial charge in [0.05, 0.1) is 6.04 Å². The maximum absolute atomic E-state index is 13.2. The second-order valence-corrected chi connectivity index (χ2v) is 8.87. The number of likely N-dealkylation sites (tertiary alicyclic amines) is 1. The minimum atomic E-state index is -0.254. The Morgan fingerprint density at radius 3 is 2.58 bits per heavy atom. The number of carbonyl (C=O) groups is 1. The number of hydrogen-bond acceptors (Lipinski definition) is 6. The molecule has 1 N–H and O–H groups in total. The Morgan fingerprint density at radius 1 is 1.06 bits per heavy atom. The van der Waals surface area contributed by atoms with Crippen LogP contribution in [0.25, 0.3) is 0 Å². The first kappa shape index (κ1) is 21.5. The van der Waals surface area contributed by atoms with Crippen LogP contribution in [0.4, 0.5) is 10.3 Å². The van der Waals surface area contributed by atoms with Gasteiger partial charge in [0, 0.05) is 44.9 Å². The molecule has 0 aliphatic carbocycles. The fourth-order valence-electron chi connectivity index (χ4n) is 4.82. The predicted molar refractivity (Wildman–Crippen MR) is 121 cm³/mol. The van der Waals surface area contributed by atoms with Crippen LogP contribution in [0.5, 0.6) is 0 Å². The lowest BCUT2D eigenvalue weighted by atomic mass is 9.93. The first-order valence-electron chi connectivity index (χ1n) is 11.6. The molecule has 0 radical (unpaired) electrons. The van der Waals surface area contributed by atoms with Crippen molar-refractivity contribution in [3.63, 3.8) is 0 Å². The maximum atomic E-state index is 13.2. The number of benzene rings is 1. The molecule has 2 aromatic heterocycles. The Labute approximate surface area is 192 Å². The van der Waals surface area contributed by atoms with E-state index in [-0.39, 0.29) is 17.8 Å². The highest BCUT2D eigenvalue weighted by Crippen LogP contribution is 2.32. The summed E-state index contributed by atoms with van der Waals surface area (Å²) >= 11 is 0. The van der Waals surface area contributed by atoms with Crippen LogP contribution < -0.4 is 4.90 Å². The molecule has 1 atom stereocenters. The van der Waals surface area contributed by atoms with Gasteiger partial charge < -0.3 is 9.80 Å². The molecule has 0 bridgehead atoms. The molecule has 2 aliphatic rings. The normalized spacial score (nSPS) is 19.2.